The third kappa shape index (κ3) is 7.09. The molecule has 0 bridgehead atoms. The molecule has 0 saturated carbocycles. The molecule has 6 nitrogen and oxygen atoms in total. The first-order valence-electron chi connectivity index (χ1n) is 16.0. The lowest BCUT2D eigenvalue weighted by molar-refractivity contribution is -0.142. The van der Waals surface area contributed by atoms with E-state index in [2.05, 4.69) is 10.6 Å². The molecule has 0 aliphatic rings. The van der Waals surface area contributed by atoms with Gasteiger partial charge in [-0.05, 0) is 61.8 Å². The van der Waals surface area contributed by atoms with Crippen LogP contribution in [0.15, 0.2) is 97.1 Å². The summed E-state index contributed by atoms with van der Waals surface area (Å²) in [6.07, 6.45) is 0. The summed E-state index contributed by atoms with van der Waals surface area (Å²) in [5, 5.41) is 30.9. The predicted octanol–water partition coefficient (Wildman–Crippen LogP) is 6.37. The van der Waals surface area contributed by atoms with Gasteiger partial charge in [-0.25, -0.2) is 0 Å². The van der Waals surface area contributed by atoms with Crippen LogP contribution >= 0.6 is 0 Å². The minimum atomic E-state index is -1.63. The van der Waals surface area contributed by atoms with Gasteiger partial charge >= 0.3 is 11.8 Å². The van der Waals surface area contributed by atoms with E-state index in [4.69, 9.17) is 0 Å². The van der Waals surface area contributed by atoms with E-state index >= 15 is 0 Å². The van der Waals surface area contributed by atoms with Crippen molar-refractivity contribution in [3.8, 4) is 0 Å². The molecule has 0 saturated heterocycles. The van der Waals surface area contributed by atoms with E-state index in [1.54, 1.807) is 0 Å². The Morgan fingerprint density at radius 1 is 0.457 bits per heavy atom. The summed E-state index contributed by atoms with van der Waals surface area (Å²) in [5.74, 6) is -2.31. The topological polar surface area (TPSA) is 98.7 Å². The van der Waals surface area contributed by atoms with Gasteiger partial charge in [-0.15, -0.1) is 0 Å². The number of benzene rings is 4. The van der Waals surface area contributed by atoms with Gasteiger partial charge in [0, 0.05) is 0 Å². The lowest BCUT2D eigenvalue weighted by atomic mass is 9.75. The van der Waals surface area contributed by atoms with Crippen LogP contribution in [0.1, 0.15) is 72.2 Å². The average Bonchev–Trinajstić information content (AvgIpc) is 3.02. The highest BCUT2D eigenvalue weighted by Gasteiger charge is 2.46. The van der Waals surface area contributed by atoms with Crippen molar-refractivity contribution in [1.29, 1.82) is 0 Å². The van der Waals surface area contributed by atoms with Crippen molar-refractivity contribution in [3.05, 3.63) is 142 Å². The van der Waals surface area contributed by atoms with Crippen LogP contribution in [0.3, 0.4) is 0 Å². The lowest BCUT2D eigenvalue weighted by Crippen LogP contribution is -2.60. The Hall–Kier alpha value is -4.26. The van der Waals surface area contributed by atoms with Gasteiger partial charge in [0.1, 0.15) is 11.2 Å². The molecular weight excluding hydrogens is 572 g/mol. The summed E-state index contributed by atoms with van der Waals surface area (Å²) in [6.45, 7) is 15.5. The second kappa shape index (κ2) is 14.0. The molecule has 0 aliphatic heterocycles. The molecule has 4 rings (SSSR count). The van der Waals surface area contributed by atoms with Gasteiger partial charge in [-0.2, -0.15) is 0 Å². The maximum Gasteiger partial charge on any atom is 0.309 e. The van der Waals surface area contributed by atoms with Gasteiger partial charge < -0.3 is 20.8 Å². The van der Waals surface area contributed by atoms with E-state index < -0.39 is 35.1 Å². The Balaban J connectivity index is 1.72. The van der Waals surface area contributed by atoms with Crippen LogP contribution in [0.5, 0.6) is 0 Å². The molecule has 0 fully saturated rings. The van der Waals surface area contributed by atoms with Gasteiger partial charge in [-0.3, -0.25) is 9.59 Å². The van der Waals surface area contributed by atoms with E-state index in [9.17, 15) is 19.8 Å². The monoisotopic (exact) mass is 620 g/mol. The second-order valence-corrected chi connectivity index (χ2v) is 13.4. The third-order valence-corrected chi connectivity index (χ3v) is 8.98. The summed E-state index contributed by atoms with van der Waals surface area (Å²) in [5.41, 5.74) is 3.31. The first-order valence-corrected chi connectivity index (χ1v) is 16.0. The molecule has 0 heterocycles. The number of rotatable bonds is 10. The summed E-state index contributed by atoms with van der Waals surface area (Å²) in [6, 6.07) is 28.5. The number of hydrogen-bond acceptors (Lipinski definition) is 4. The van der Waals surface area contributed by atoms with E-state index in [0.29, 0.717) is 22.3 Å². The normalized spacial score (nSPS) is 13.4. The van der Waals surface area contributed by atoms with Crippen LogP contribution in [0.25, 0.3) is 0 Å². The van der Waals surface area contributed by atoms with Crippen molar-refractivity contribution >= 4 is 11.8 Å². The van der Waals surface area contributed by atoms with Crippen molar-refractivity contribution in [2.75, 3.05) is 0 Å². The smallest absolute Gasteiger partial charge is 0.309 e. The number of aliphatic hydroxyl groups is 2. The first kappa shape index (κ1) is 34.6. The Morgan fingerprint density at radius 3 is 0.826 bits per heavy atom. The Bertz CT molecular complexity index is 1410. The maximum atomic E-state index is 13.8. The van der Waals surface area contributed by atoms with Crippen LogP contribution in [0.2, 0.25) is 0 Å². The molecule has 0 unspecified atom stereocenters. The van der Waals surface area contributed by atoms with Crippen molar-refractivity contribution in [3.63, 3.8) is 0 Å². The molecular formula is C40H48N2O4. The van der Waals surface area contributed by atoms with Crippen LogP contribution in [-0.4, -0.2) is 34.1 Å². The molecule has 46 heavy (non-hydrogen) atoms. The molecule has 0 aromatic heterocycles. The highest BCUT2D eigenvalue weighted by atomic mass is 16.3. The Morgan fingerprint density at radius 2 is 0.652 bits per heavy atom. The zero-order valence-corrected chi connectivity index (χ0v) is 28.3. The molecule has 4 N–H and O–H groups in total. The Kier molecular flexibility index (Phi) is 10.5. The summed E-state index contributed by atoms with van der Waals surface area (Å²) < 4.78 is 0. The van der Waals surface area contributed by atoms with Gasteiger partial charge in [0.25, 0.3) is 0 Å². The van der Waals surface area contributed by atoms with Gasteiger partial charge in [0.2, 0.25) is 0 Å². The molecule has 0 radical (unpaired) electrons. The average molecular weight is 621 g/mol. The summed E-state index contributed by atoms with van der Waals surface area (Å²) >= 11 is 0. The number of amides is 2. The van der Waals surface area contributed by atoms with Gasteiger partial charge in [-0.1, -0.05) is 147 Å². The highest BCUT2D eigenvalue weighted by molar-refractivity contribution is 6.35. The largest absolute Gasteiger partial charge is 0.378 e. The number of nitrogens with one attached hydrogen (secondary N) is 2. The van der Waals surface area contributed by atoms with Crippen LogP contribution in [0, 0.1) is 39.5 Å². The first-order chi connectivity index (χ1) is 21.7. The standard InChI is InChI=1S/C40H48N2O4/c1-25(2)35(39(45,31-17-9-27(5)10-18-31)32-19-11-28(6)12-20-32)41-37(43)38(44)42-36(26(3)4)40(46,33-21-13-29(7)14-22-33)34-23-15-30(8)16-24-34/h9-26,35-36,45-46H,1-8H3,(H,41,43)(H,42,44)/t35-,36-/m1/s1. The molecule has 4 aromatic rings. The van der Waals surface area contributed by atoms with Crippen molar-refractivity contribution in [2.45, 2.75) is 78.7 Å². The molecule has 6 heteroatoms. The fourth-order valence-electron chi connectivity index (χ4n) is 6.20. The number of carbonyl (C=O) groups excluding carboxylic acids is 2. The minimum absolute atomic E-state index is 0.262. The van der Waals surface area contributed by atoms with Gasteiger partial charge in [0.15, 0.2) is 0 Å². The highest BCUT2D eigenvalue weighted by Crippen LogP contribution is 2.38. The predicted molar refractivity (Wildman–Crippen MR) is 184 cm³/mol. The number of hydrogen-bond donors (Lipinski definition) is 4. The minimum Gasteiger partial charge on any atom is -0.378 e. The molecule has 2 amide bonds. The molecule has 4 aromatic carbocycles. The van der Waals surface area contributed by atoms with Crippen LogP contribution in [-0.2, 0) is 20.8 Å². The molecule has 242 valence electrons. The van der Waals surface area contributed by atoms with Gasteiger partial charge in [0.05, 0.1) is 12.1 Å². The summed E-state index contributed by atoms with van der Waals surface area (Å²) in [7, 11) is 0. The van der Waals surface area contributed by atoms with Crippen molar-refractivity contribution in [1.82, 2.24) is 10.6 Å². The van der Waals surface area contributed by atoms with Crippen LogP contribution < -0.4 is 10.6 Å². The fourth-order valence-corrected chi connectivity index (χ4v) is 6.20. The molecule has 0 aliphatic carbocycles. The van der Waals surface area contributed by atoms with E-state index in [-0.39, 0.29) is 11.8 Å². The lowest BCUT2D eigenvalue weighted by Gasteiger charge is -2.41. The molecule has 0 spiro atoms. The molecule has 2 atom stereocenters. The van der Waals surface area contributed by atoms with E-state index in [0.717, 1.165) is 22.3 Å². The summed E-state index contributed by atoms with van der Waals surface area (Å²) in [4.78, 5) is 27.6. The van der Waals surface area contributed by atoms with Crippen LogP contribution in [0.4, 0.5) is 0 Å². The zero-order chi connectivity index (χ0) is 33.8. The van der Waals surface area contributed by atoms with Crippen molar-refractivity contribution in [2.24, 2.45) is 11.8 Å². The zero-order valence-electron chi connectivity index (χ0n) is 28.3. The Labute approximate surface area is 273 Å². The third-order valence-electron chi connectivity index (χ3n) is 8.98. The quantitative estimate of drug-likeness (QED) is 0.155. The number of aryl methyl sites for hydroxylation is 4. The number of carbonyl (C=O) groups is 2. The second-order valence-electron chi connectivity index (χ2n) is 13.4. The van der Waals surface area contributed by atoms with E-state index in [1.807, 2.05) is 152 Å². The maximum absolute atomic E-state index is 13.8. The fraction of sp³-hybridized carbons (Fsp3) is 0.350. The van der Waals surface area contributed by atoms with Crippen molar-refractivity contribution < 1.29 is 19.8 Å². The SMILES string of the molecule is Cc1ccc(C(O)(c2ccc(C)cc2)[C@H](NC(=O)C(=O)N[C@H](C(C)C)C(O)(c2ccc(C)cc2)c2ccc(C)cc2)C(C)C)cc1. The van der Waals surface area contributed by atoms with E-state index in [1.165, 1.54) is 0 Å².